The normalized spacial score (nSPS) is 12.9. The van der Waals surface area contributed by atoms with Gasteiger partial charge in [-0.2, -0.15) is 0 Å². The summed E-state index contributed by atoms with van der Waals surface area (Å²) in [5.41, 5.74) is 8.24. The van der Waals surface area contributed by atoms with Crippen LogP contribution in [0.3, 0.4) is 0 Å². The number of imidazole rings is 1. The fraction of sp³-hybridized carbons (Fsp3) is 0.267. The molecule has 2 heterocycles. The first-order chi connectivity index (χ1) is 10.2. The fourth-order valence-corrected chi connectivity index (χ4v) is 3.09. The van der Waals surface area contributed by atoms with Gasteiger partial charge in [0.05, 0.1) is 30.5 Å². The molecule has 2 aromatic heterocycles. The van der Waals surface area contributed by atoms with Crippen LogP contribution in [0.25, 0.3) is 11.0 Å². The number of rotatable bonds is 5. The van der Waals surface area contributed by atoms with Gasteiger partial charge in [-0.05, 0) is 23.6 Å². The maximum absolute atomic E-state index is 9.78. The quantitative estimate of drug-likeness (QED) is 0.625. The predicted molar refractivity (Wildman–Crippen MR) is 84.4 cm³/mol. The van der Waals surface area contributed by atoms with Crippen LogP contribution < -0.4 is 5.73 Å². The van der Waals surface area contributed by atoms with Crippen molar-refractivity contribution >= 4 is 28.1 Å². The van der Waals surface area contributed by atoms with E-state index in [1.807, 2.05) is 34.2 Å². The molecule has 6 heteroatoms. The number of benzene rings is 1. The van der Waals surface area contributed by atoms with E-state index in [2.05, 4.69) is 11.1 Å². The Morgan fingerprint density at radius 2 is 2.14 bits per heavy atom. The Labute approximate surface area is 126 Å². The van der Waals surface area contributed by atoms with E-state index in [0.717, 1.165) is 16.9 Å². The molecule has 0 aliphatic carbocycles. The number of nitrogen functional groups attached to an aromatic ring is 1. The van der Waals surface area contributed by atoms with Crippen molar-refractivity contribution in [2.45, 2.75) is 19.1 Å². The third-order valence-electron chi connectivity index (χ3n) is 3.41. The first-order valence-electron chi connectivity index (χ1n) is 6.74. The highest BCUT2D eigenvalue weighted by Crippen LogP contribution is 2.24. The molecule has 110 valence electrons. The molecule has 0 fully saturated rings. The van der Waals surface area contributed by atoms with Gasteiger partial charge in [-0.3, -0.25) is 0 Å². The van der Waals surface area contributed by atoms with Crippen molar-refractivity contribution in [3.05, 3.63) is 46.4 Å². The number of aliphatic hydroxyl groups excluding tert-OH is 2. The Morgan fingerprint density at radius 3 is 2.86 bits per heavy atom. The highest BCUT2D eigenvalue weighted by atomic mass is 32.1. The second kappa shape index (κ2) is 5.85. The zero-order valence-corrected chi connectivity index (χ0v) is 12.3. The first-order valence-corrected chi connectivity index (χ1v) is 7.62. The van der Waals surface area contributed by atoms with Gasteiger partial charge in [0.1, 0.15) is 11.3 Å². The van der Waals surface area contributed by atoms with Crippen LogP contribution in [0.5, 0.6) is 0 Å². The van der Waals surface area contributed by atoms with Crippen LogP contribution in [-0.2, 0) is 13.0 Å². The van der Waals surface area contributed by atoms with E-state index in [9.17, 15) is 5.11 Å². The number of nitrogens with zero attached hydrogens (tertiary/aromatic N) is 2. The van der Waals surface area contributed by atoms with Crippen LogP contribution in [0.4, 0.5) is 5.69 Å². The molecule has 0 aliphatic rings. The molecule has 1 aromatic carbocycles. The number of aliphatic hydroxyl groups is 2. The standard InChI is InChI=1S/C15H17N3O2S/c16-12-4-1-5-13-15(12)17-14(7-11-3-2-6-21-11)18(13)8-10(20)9-19/h1-6,10,19-20H,7-9,16H2. The van der Waals surface area contributed by atoms with Gasteiger partial charge >= 0.3 is 0 Å². The van der Waals surface area contributed by atoms with Crippen molar-refractivity contribution in [3.63, 3.8) is 0 Å². The summed E-state index contributed by atoms with van der Waals surface area (Å²) in [6, 6.07) is 9.68. The maximum Gasteiger partial charge on any atom is 0.115 e. The zero-order chi connectivity index (χ0) is 14.8. The van der Waals surface area contributed by atoms with E-state index in [1.165, 1.54) is 4.88 Å². The molecular weight excluding hydrogens is 286 g/mol. The van der Waals surface area contributed by atoms with Gasteiger partial charge in [-0.15, -0.1) is 11.3 Å². The van der Waals surface area contributed by atoms with Gasteiger partial charge in [0.15, 0.2) is 0 Å². The summed E-state index contributed by atoms with van der Waals surface area (Å²) in [7, 11) is 0. The maximum atomic E-state index is 9.78. The lowest BCUT2D eigenvalue weighted by atomic mass is 10.2. The minimum atomic E-state index is -0.814. The Hall–Kier alpha value is -1.89. The lowest BCUT2D eigenvalue weighted by molar-refractivity contribution is 0.0815. The number of fused-ring (bicyclic) bond motifs is 1. The van der Waals surface area contributed by atoms with E-state index in [-0.39, 0.29) is 6.61 Å². The second-order valence-corrected chi connectivity index (χ2v) is 5.98. The van der Waals surface area contributed by atoms with Crippen LogP contribution in [0.15, 0.2) is 35.7 Å². The molecule has 1 unspecified atom stereocenters. The number of anilines is 1. The molecule has 0 saturated heterocycles. The summed E-state index contributed by atoms with van der Waals surface area (Å²) >= 11 is 1.67. The largest absolute Gasteiger partial charge is 0.397 e. The van der Waals surface area contributed by atoms with Crippen LogP contribution in [0.1, 0.15) is 10.7 Å². The molecule has 0 spiro atoms. The van der Waals surface area contributed by atoms with Gasteiger partial charge in [0.2, 0.25) is 0 Å². The molecule has 0 bridgehead atoms. The molecule has 3 rings (SSSR count). The van der Waals surface area contributed by atoms with Crippen LogP contribution in [0.2, 0.25) is 0 Å². The van der Waals surface area contributed by atoms with E-state index in [4.69, 9.17) is 10.8 Å². The molecule has 1 atom stereocenters. The molecule has 4 N–H and O–H groups in total. The molecule has 0 amide bonds. The smallest absolute Gasteiger partial charge is 0.115 e. The minimum Gasteiger partial charge on any atom is -0.397 e. The summed E-state index contributed by atoms with van der Waals surface area (Å²) in [5, 5.41) is 20.9. The highest BCUT2D eigenvalue weighted by Gasteiger charge is 2.15. The average molecular weight is 303 g/mol. The van der Waals surface area contributed by atoms with E-state index in [1.54, 1.807) is 11.3 Å². The number of hydrogen-bond acceptors (Lipinski definition) is 5. The topological polar surface area (TPSA) is 84.3 Å². The van der Waals surface area contributed by atoms with Crippen molar-refractivity contribution in [2.24, 2.45) is 0 Å². The molecule has 5 nitrogen and oxygen atoms in total. The highest BCUT2D eigenvalue weighted by molar-refractivity contribution is 7.09. The van der Waals surface area contributed by atoms with Crippen LogP contribution in [-0.4, -0.2) is 32.5 Å². The van der Waals surface area contributed by atoms with Gasteiger partial charge in [0, 0.05) is 11.3 Å². The molecule has 0 saturated carbocycles. The Bertz CT molecular complexity index is 737. The summed E-state index contributed by atoms with van der Waals surface area (Å²) in [6.07, 6.45) is -0.130. The minimum absolute atomic E-state index is 0.277. The van der Waals surface area contributed by atoms with E-state index in [0.29, 0.717) is 18.7 Å². The van der Waals surface area contributed by atoms with Gasteiger partial charge in [-0.25, -0.2) is 4.98 Å². The lowest BCUT2D eigenvalue weighted by Gasteiger charge is -2.12. The third-order valence-corrected chi connectivity index (χ3v) is 4.28. The Kier molecular flexibility index (Phi) is 3.92. The van der Waals surface area contributed by atoms with E-state index >= 15 is 0 Å². The summed E-state index contributed by atoms with van der Waals surface area (Å²) in [6.45, 7) is 0.0254. The number of para-hydroxylation sites is 1. The number of hydrogen-bond donors (Lipinski definition) is 3. The SMILES string of the molecule is Nc1cccc2c1nc(Cc1cccs1)n2CC(O)CO. The monoisotopic (exact) mass is 303 g/mol. The van der Waals surface area contributed by atoms with E-state index < -0.39 is 6.10 Å². The van der Waals surface area contributed by atoms with Crippen LogP contribution >= 0.6 is 11.3 Å². The fourth-order valence-electron chi connectivity index (χ4n) is 2.39. The van der Waals surface area contributed by atoms with Crippen molar-refractivity contribution in [3.8, 4) is 0 Å². The van der Waals surface area contributed by atoms with Gasteiger partial charge < -0.3 is 20.5 Å². The molecule has 0 radical (unpaired) electrons. The summed E-state index contributed by atoms with van der Waals surface area (Å²) in [4.78, 5) is 5.82. The van der Waals surface area contributed by atoms with Crippen molar-refractivity contribution in [2.75, 3.05) is 12.3 Å². The number of thiophene rings is 1. The van der Waals surface area contributed by atoms with Crippen molar-refractivity contribution in [1.29, 1.82) is 0 Å². The second-order valence-electron chi connectivity index (χ2n) is 4.95. The summed E-state index contributed by atoms with van der Waals surface area (Å²) < 4.78 is 1.94. The molecular formula is C15H17N3O2S. The molecule has 21 heavy (non-hydrogen) atoms. The Morgan fingerprint density at radius 1 is 1.29 bits per heavy atom. The molecule has 3 aromatic rings. The van der Waals surface area contributed by atoms with Crippen molar-refractivity contribution < 1.29 is 10.2 Å². The first kappa shape index (κ1) is 14.1. The number of aromatic nitrogens is 2. The van der Waals surface area contributed by atoms with Crippen LogP contribution in [0, 0.1) is 0 Å². The summed E-state index contributed by atoms with van der Waals surface area (Å²) in [5.74, 6) is 0.845. The zero-order valence-electron chi connectivity index (χ0n) is 11.4. The Balaban J connectivity index is 2.08. The average Bonchev–Trinajstić information content (AvgIpc) is 3.10. The third kappa shape index (κ3) is 2.78. The van der Waals surface area contributed by atoms with Gasteiger partial charge in [-0.1, -0.05) is 12.1 Å². The lowest BCUT2D eigenvalue weighted by Crippen LogP contribution is -2.21. The van der Waals surface area contributed by atoms with Gasteiger partial charge in [0.25, 0.3) is 0 Å². The van der Waals surface area contributed by atoms with Crippen molar-refractivity contribution in [1.82, 2.24) is 9.55 Å². The molecule has 0 aliphatic heterocycles. The number of nitrogens with two attached hydrogens (primary N) is 1. The predicted octanol–water partition coefficient (Wildman–Crippen LogP) is 1.62.